The van der Waals surface area contributed by atoms with Gasteiger partial charge in [-0.2, -0.15) is 4.98 Å². The summed E-state index contributed by atoms with van der Waals surface area (Å²) in [7, 11) is 0.161. The van der Waals surface area contributed by atoms with Gasteiger partial charge in [-0.25, -0.2) is 9.97 Å². The number of nitrogens with zero attached hydrogens (tertiary/aromatic N) is 4. The molecule has 0 fully saturated rings. The third-order valence-electron chi connectivity index (χ3n) is 3.96. The number of fused-ring (bicyclic) bond motifs is 1. The number of hydrogen-bond donors (Lipinski definition) is 4. The lowest BCUT2D eigenvalue weighted by Gasteiger charge is -2.09. The van der Waals surface area contributed by atoms with Crippen LogP contribution in [0.3, 0.4) is 0 Å². The maximum Gasteiger partial charge on any atom is 0.192 e. The Bertz CT molecular complexity index is 934. The van der Waals surface area contributed by atoms with E-state index in [0.29, 0.717) is 29.8 Å². The molecule has 12 heteroatoms. The molecule has 0 aromatic carbocycles. The average molecular weight is 529 g/mol. The standard InChI is InChI=1S/C14H17N6OPS2.C6H14O.C2H6O/c1-3-21-22-20-14-19-12-10(24-14)11(15)17-13(18-12)23-8(2)9-6-4-5-7-16-9;1-6(2)4-3-5-7;1-2-3/h4-8,22H,3H2,1-2H3,(H3,15,17,18,19,20);6-7H,3-5H2,1-2H3;3H,2H2,1H3. The lowest BCUT2D eigenvalue weighted by atomic mass is 10.1. The van der Waals surface area contributed by atoms with E-state index in [1.807, 2.05) is 25.1 Å². The Morgan fingerprint density at radius 3 is 2.47 bits per heavy atom. The molecule has 0 bridgehead atoms. The molecule has 5 N–H and O–H groups in total. The zero-order chi connectivity index (χ0) is 25.3. The SMILES string of the molecule is CC(C)CCCO.CCO.CCOPNc1nc2nc(SC(C)c3ccccn3)nc(N)c2s1. The number of nitrogen functional groups attached to an aromatic ring is 1. The minimum Gasteiger partial charge on any atom is -0.397 e. The highest BCUT2D eigenvalue weighted by Gasteiger charge is 2.15. The van der Waals surface area contributed by atoms with Crippen molar-refractivity contribution in [3.05, 3.63) is 30.1 Å². The number of rotatable bonds is 10. The van der Waals surface area contributed by atoms with E-state index in [4.69, 9.17) is 20.5 Å². The van der Waals surface area contributed by atoms with Gasteiger partial charge in [-0.1, -0.05) is 43.0 Å². The molecule has 2 unspecified atom stereocenters. The molecule has 3 aromatic heterocycles. The summed E-state index contributed by atoms with van der Waals surface area (Å²) in [6.07, 6.45) is 3.89. The highest BCUT2D eigenvalue weighted by Crippen LogP contribution is 2.36. The summed E-state index contributed by atoms with van der Waals surface area (Å²) in [6, 6.07) is 5.85. The Morgan fingerprint density at radius 2 is 1.91 bits per heavy atom. The molecule has 0 aliphatic heterocycles. The number of nitrogens with two attached hydrogens (primary N) is 1. The van der Waals surface area contributed by atoms with Crippen molar-refractivity contribution in [3.8, 4) is 0 Å². The van der Waals surface area contributed by atoms with Crippen molar-refractivity contribution in [2.24, 2.45) is 5.92 Å². The number of aliphatic hydroxyl groups is 2. The number of hydrogen-bond acceptors (Lipinski definition) is 11. The minimum atomic E-state index is 0.124. The molecule has 0 spiro atoms. The Morgan fingerprint density at radius 1 is 1.18 bits per heavy atom. The smallest absolute Gasteiger partial charge is 0.192 e. The van der Waals surface area contributed by atoms with Crippen molar-refractivity contribution in [2.45, 2.75) is 57.9 Å². The van der Waals surface area contributed by atoms with Crippen molar-refractivity contribution >= 4 is 53.4 Å². The maximum atomic E-state index is 8.32. The lowest BCUT2D eigenvalue weighted by molar-refractivity contribution is 0.276. The number of thioether (sulfide) groups is 1. The van der Waals surface area contributed by atoms with Crippen LogP contribution in [0.25, 0.3) is 10.3 Å². The fourth-order valence-corrected chi connectivity index (χ4v) is 4.63. The van der Waals surface area contributed by atoms with Crippen molar-refractivity contribution < 1.29 is 14.7 Å². The van der Waals surface area contributed by atoms with E-state index < -0.39 is 0 Å². The van der Waals surface area contributed by atoms with Gasteiger partial charge in [-0.3, -0.25) is 4.98 Å². The van der Waals surface area contributed by atoms with E-state index in [1.165, 1.54) is 23.1 Å². The highest BCUT2D eigenvalue weighted by atomic mass is 32.2. The first-order valence-electron chi connectivity index (χ1n) is 11.2. The number of aliphatic hydroxyl groups excluding tert-OH is 2. The fourth-order valence-electron chi connectivity index (χ4n) is 2.42. The molecule has 34 heavy (non-hydrogen) atoms. The Balaban J connectivity index is 0.000000491. The Labute approximate surface area is 212 Å². The normalized spacial score (nSPS) is 11.8. The summed E-state index contributed by atoms with van der Waals surface area (Å²) in [5.74, 6) is 1.19. The van der Waals surface area contributed by atoms with Gasteiger partial charge in [0.2, 0.25) is 0 Å². The van der Waals surface area contributed by atoms with Crippen LogP contribution in [-0.4, -0.2) is 50.0 Å². The number of aromatic nitrogens is 4. The third kappa shape index (κ3) is 11.7. The van der Waals surface area contributed by atoms with Gasteiger partial charge in [0.15, 0.2) is 15.9 Å². The van der Waals surface area contributed by atoms with Gasteiger partial charge < -0.3 is 25.6 Å². The van der Waals surface area contributed by atoms with Gasteiger partial charge in [-0.05, 0) is 51.7 Å². The van der Waals surface area contributed by atoms with E-state index in [1.54, 1.807) is 13.1 Å². The molecule has 2 atom stereocenters. The van der Waals surface area contributed by atoms with Crippen LogP contribution in [0, 0.1) is 5.92 Å². The van der Waals surface area contributed by atoms with E-state index >= 15 is 0 Å². The van der Waals surface area contributed by atoms with Crippen molar-refractivity contribution in [3.63, 3.8) is 0 Å². The summed E-state index contributed by atoms with van der Waals surface area (Å²) < 4.78 is 6.08. The number of anilines is 2. The molecule has 190 valence electrons. The largest absolute Gasteiger partial charge is 0.397 e. The van der Waals surface area contributed by atoms with Gasteiger partial charge >= 0.3 is 0 Å². The number of pyridine rings is 1. The molecule has 0 aliphatic rings. The first-order chi connectivity index (χ1) is 16.4. The van der Waals surface area contributed by atoms with Gasteiger partial charge in [0.05, 0.1) is 10.9 Å². The molecule has 9 nitrogen and oxygen atoms in total. The predicted molar refractivity (Wildman–Crippen MR) is 146 cm³/mol. The van der Waals surface area contributed by atoms with Crippen LogP contribution in [-0.2, 0) is 4.52 Å². The van der Waals surface area contributed by atoms with Crippen molar-refractivity contribution in [1.82, 2.24) is 19.9 Å². The van der Waals surface area contributed by atoms with Gasteiger partial charge in [-0.15, -0.1) is 0 Å². The van der Waals surface area contributed by atoms with Crippen molar-refractivity contribution in [1.29, 1.82) is 0 Å². The lowest BCUT2D eigenvalue weighted by Crippen LogP contribution is -1.98. The summed E-state index contributed by atoms with van der Waals surface area (Å²) in [6.45, 7) is 11.3. The molecule has 0 saturated carbocycles. The molecule has 0 saturated heterocycles. The van der Waals surface area contributed by atoms with Crippen LogP contribution in [0.4, 0.5) is 10.9 Å². The monoisotopic (exact) mass is 528 g/mol. The van der Waals surface area contributed by atoms with E-state index in [0.717, 1.165) is 34.3 Å². The van der Waals surface area contributed by atoms with Gasteiger partial charge in [0.1, 0.15) is 19.5 Å². The Kier molecular flexibility index (Phi) is 15.9. The first kappa shape index (κ1) is 30.4. The van der Waals surface area contributed by atoms with E-state index in [-0.39, 0.29) is 20.8 Å². The van der Waals surface area contributed by atoms with Crippen LogP contribution in [0.5, 0.6) is 0 Å². The zero-order valence-electron chi connectivity index (χ0n) is 20.5. The van der Waals surface area contributed by atoms with Crippen LogP contribution in [0.2, 0.25) is 0 Å². The average Bonchev–Trinajstić information content (AvgIpc) is 3.23. The molecule has 0 radical (unpaired) electrons. The minimum absolute atomic E-state index is 0.124. The second-order valence-electron chi connectivity index (χ2n) is 7.31. The quantitative estimate of drug-likeness (QED) is 0.119. The van der Waals surface area contributed by atoms with Gasteiger partial charge in [0.25, 0.3) is 0 Å². The molecule has 0 aliphatic carbocycles. The number of nitrogens with one attached hydrogen (secondary N) is 1. The van der Waals surface area contributed by atoms with E-state index in [2.05, 4.69) is 45.8 Å². The topological polar surface area (TPSA) is 139 Å². The van der Waals surface area contributed by atoms with Crippen LogP contribution in [0.15, 0.2) is 29.6 Å². The predicted octanol–water partition coefficient (Wildman–Crippen LogP) is 5.29. The Hall–Kier alpha value is -1.62. The zero-order valence-corrected chi connectivity index (χ0v) is 23.1. The highest BCUT2D eigenvalue weighted by molar-refractivity contribution is 7.99. The van der Waals surface area contributed by atoms with Crippen molar-refractivity contribution in [2.75, 3.05) is 30.6 Å². The molecule has 3 aromatic rings. The molecule has 0 amide bonds. The third-order valence-corrected chi connectivity index (χ3v) is 6.88. The van der Waals surface area contributed by atoms with Gasteiger partial charge in [0, 0.05) is 26.0 Å². The fraction of sp³-hybridized carbons (Fsp3) is 0.545. The van der Waals surface area contributed by atoms with Crippen LogP contribution >= 0.6 is 32.1 Å². The maximum absolute atomic E-state index is 8.32. The van der Waals surface area contributed by atoms with E-state index in [9.17, 15) is 0 Å². The molecule has 3 heterocycles. The molecular formula is C22H37N6O3PS2. The summed E-state index contributed by atoms with van der Waals surface area (Å²) in [5.41, 5.74) is 7.65. The van der Waals surface area contributed by atoms with Crippen LogP contribution < -0.4 is 10.8 Å². The number of thiazole rings is 1. The first-order valence-corrected chi connectivity index (χ1v) is 13.8. The summed E-state index contributed by atoms with van der Waals surface area (Å²) >= 11 is 2.94. The summed E-state index contributed by atoms with van der Waals surface area (Å²) in [5, 5.41) is 20.5. The summed E-state index contributed by atoms with van der Waals surface area (Å²) in [4.78, 5) is 17.7. The van der Waals surface area contributed by atoms with Crippen LogP contribution in [0.1, 0.15) is 58.4 Å². The molecular weight excluding hydrogens is 491 g/mol. The second kappa shape index (κ2) is 17.8. The molecule has 3 rings (SSSR count). The second-order valence-corrected chi connectivity index (χ2v) is 10.4.